The SMILES string of the molecule is O=C(O)C1CC(=O)N(c2ccc(-c3c(F)ccc4c3OCO4)cc2)C1. The van der Waals surface area contributed by atoms with Crippen LogP contribution in [0.4, 0.5) is 10.1 Å². The Morgan fingerprint density at radius 1 is 1.16 bits per heavy atom. The lowest BCUT2D eigenvalue weighted by Gasteiger charge is -2.17. The second-order valence-corrected chi connectivity index (χ2v) is 5.95. The largest absolute Gasteiger partial charge is 0.481 e. The summed E-state index contributed by atoms with van der Waals surface area (Å²) in [6.07, 6.45) is -0.0108. The van der Waals surface area contributed by atoms with E-state index in [9.17, 15) is 14.0 Å². The minimum absolute atomic E-state index is 0.0108. The zero-order valence-corrected chi connectivity index (χ0v) is 13.1. The number of carbonyl (C=O) groups is 2. The van der Waals surface area contributed by atoms with E-state index in [1.54, 1.807) is 24.3 Å². The Labute approximate surface area is 142 Å². The summed E-state index contributed by atoms with van der Waals surface area (Å²) in [6.45, 7) is 0.183. The van der Waals surface area contributed by atoms with E-state index in [-0.39, 0.29) is 25.7 Å². The summed E-state index contributed by atoms with van der Waals surface area (Å²) >= 11 is 0. The number of halogens is 1. The van der Waals surface area contributed by atoms with E-state index in [2.05, 4.69) is 0 Å². The smallest absolute Gasteiger partial charge is 0.308 e. The quantitative estimate of drug-likeness (QED) is 0.927. The molecule has 1 N–H and O–H groups in total. The first kappa shape index (κ1) is 15.4. The van der Waals surface area contributed by atoms with Crippen molar-refractivity contribution in [1.29, 1.82) is 0 Å². The molecule has 25 heavy (non-hydrogen) atoms. The van der Waals surface area contributed by atoms with Crippen molar-refractivity contribution in [2.45, 2.75) is 6.42 Å². The molecule has 7 heteroatoms. The number of amides is 1. The van der Waals surface area contributed by atoms with Crippen molar-refractivity contribution >= 4 is 17.6 Å². The van der Waals surface area contributed by atoms with Gasteiger partial charge in [-0.15, -0.1) is 0 Å². The van der Waals surface area contributed by atoms with Gasteiger partial charge in [0.25, 0.3) is 0 Å². The summed E-state index contributed by atoms with van der Waals surface area (Å²) in [5.74, 6) is -1.50. The zero-order valence-electron chi connectivity index (χ0n) is 13.1. The molecule has 1 saturated heterocycles. The molecule has 2 aliphatic rings. The number of carboxylic acids is 1. The number of rotatable bonds is 3. The Balaban J connectivity index is 1.65. The van der Waals surface area contributed by atoms with Gasteiger partial charge >= 0.3 is 5.97 Å². The van der Waals surface area contributed by atoms with Gasteiger partial charge in [0, 0.05) is 18.7 Å². The number of aliphatic carboxylic acids is 1. The lowest BCUT2D eigenvalue weighted by molar-refractivity contribution is -0.141. The molecule has 2 aromatic carbocycles. The van der Waals surface area contributed by atoms with Gasteiger partial charge in [-0.1, -0.05) is 12.1 Å². The second-order valence-electron chi connectivity index (χ2n) is 5.95. The highest BCUT2D eigenvalue weighted by atomic mass is 19.1. The van der Waals surface area contributed by atoms with Crippen molar-refractivity contribution < 1.29 is 28.6 Å². The lowest BCUT2D eigenvalue weighted by atomic mass is 10.0. The molecule has 0 saturated carbocycles. The predicted molar refractivity (Wildman–Crippen MR) is 86.1 cm³/mol. The van der Waals surface area contributed by atoms with Crippen molar-refractivity contribution in [1.82, 2.24) is 0 Å². The van der Waals surface area contributed by atoms with Crippen LogP contribution in [0.2, 0.25) is 0 Å². The Bertz CT molecular complexity index is 865. The number of fused-ring (bicyclic) bond motifs is 1. The highest BCUT2D eigenvalue weighted by Gasteiger charge is 2.35. The molecule has 4 rings (SSSR count). The standard InChI is InChI=1S/C18H14FNO5/c19-13-5-6-14-17(25-9-24-14)16(13)10-1-3-12(4-2-10)20-8-11(18(22)23)7-15(20)21/h1-6,11H,7-9H2,(H,22,23). The summed E-state index contributed by atoms with van der Waals surface area (Å²) in [7, 11) is 0. The molecule has 2 heterocycles. The van der Waals surface area contributed by atoms with Gasteiger partial charge in [-0.25, -0.2) is 4.39 Å². The average Bonchev–Trinajstić information content (AvgIpc) is 3.21. The normalized spacial score (nSPS) is 18.7. The molecule has 1 atom stereocenters. The first-order valence-electron chi connectivity index (χ1n) is 7.76. The van der Waals surface area contributed by atoms with Crippen molar-refractivity contribution in [3.05, 3.63) is 42.2 Å². The maximum Gasteiger partial charge on any atom is 0.308 e. The minimum Gasteiger partial charge on any atom is -0.481 e. The van der Waals surface area contributed by atoms with Crippen LogP contribution in [0.15, 0.2) is 36.4 Å². The van der Waals surface area contributed by atoms with Crippen LogP contribution in [0.3, 0.4) is 0 Å². The van der Waals surface area contributed by atoms with Crippen LogP contribution >= 0.6 is 0 Å². The molecule has 1 fully saturated rings. The van der Waals surface area contributed by atoms with Crippen LogP contribution in [0.5, 0.6) is 11.5 Å². The van der Waals surface area contributed by atoms with Crippen molar-refractivity contribution in [3.63, 3.8) is 0 Å². The Kier molecular flexibility index (Phi) is 3.56. The monoisotopic (exact) mass is 343 g/mol. The Morgan fingerprint density at radius 2 is 1.92 bits per heavy atom. The third kappa shape index (κ3) is 2.57. The van der Waals surface area contributed by atoms with Gasteiger partial charge < -0.3 is 19.5 Å². The Morgan fingerprint density at radius 3 is 2.60 bits per heavy atom. The van der Waals surface area contributed by atoms with Crippen molar-refractivity contribution in [3.8, 4) is 22.6 Å². The number of carboxylic acid groups (broad SMARTS) is 1. The third-order valence-electron chi connectivity index (χ3n) is 4.43. The van der Waals surface area contributed by atoms with Gasteiger partial charge in [-0.2, -0.15) is 0 Å². The van der Waals surface area contributed by atoms with Gasteiger partial charge in [-0.3, -0.25) is 9.59 Å². The van der Waals surface area contributed by atoms with Crippen LogP contribution in [0, 0.1) is 11.7 Å². The number of carbonyl (C=O) groups excluding carboxylic acids is 1. The van der Waals surface area contributed by atoms with Gasteiger partial charge in [0.05, 0.1) is 11.5 Å². The first-order valence-corrected chi connectivity index (χ1v) is 7.76. The van der Waals surface area contributed by atoms with Crippen LogP contribution < -0.4 is 14.4 Å². The number of anilines is 1. The maximum absolute atomic E-state index is 14.3. The zero-order chi connectivity index (χ0) is 17.6. The molecular formula is C18H14FNO5. The number of benzene rings is 2. The molecule has 0 aromatic heterocycles. The average molecular weight is 343 g/mol. The van der Waals surface area contributed by atoms with Crippen molar-refractivity contribution in [2.75, 3.05) is 18.2 Å². The summed E-state index contributed by atoms with van der Waals surface area (Å²) in [5, 5.41) is 9.06. The molecule has 1 unspecified atom stereocenters. The van der Waals surface area contributed by atoms with E-state index in [1.165, 1.54) is 17.0 Å². The van der Waals surface area contributed by atoms with E-state index < -0.39 is 17.7 Å². The number of ether oxygens (including phenoxy) is 2. The van der Waals surface area contributed by atoms with Crippen molar-refractivity contribution in [2.24, 2.45) is 5.92 Å². The predicted octanol–water partition coefficient (Wildman–Crippen LogP) is 2.66. The third-order valence-corrected chi connectivity index (χ3v) is 4.43. The summed E-state index contributed by atoms with van der Waals surface area (Å²) in [4.78, 5) is 24.5. The number of nitrogens with zero attached hydrogens (tertiary/aromatic N) is 1. The molecule has 6 nitrogen and oxygen atoms in total. The maximum atomic E-state index is 14.3. The van der Waals surface area contributed by atoms with Crippen LogP contribution in [0.1, 0.15) is 6.42 Å². The number of hydrogen-bond acceptors (Lipinski definition) is 4. The van der Waals surface area contributed by atoms with Gasteiger partial charge in [-0.05, 0) is 29.8 Å². The topological polar surface area (TPSA) is 76.1 Å². The minimum atomic E-state index is -0.980. The van der Waals surface area contributed by atoms with Crippen LogP contribution in [-0.2, 0) is 9.59 Å². The molecule has 0 radical (unpaired) electrons. The Hall–Kier alpha value is -3.09. The highest BCUT2D eigenvalue weighted by Crippen LogP contribution is 2.43. The molecular weight excluding hydrogens is 329 g/mol. The van der Waals surface area contributed by atoms with Crippen LogP contribution in [-0.4, -0.2) is 30.3 Å². The lowest BCUT2D eigenvalue weighted by Crippen LogP contribution is -2.25. The highest BCUT2D eigenvalue weighted by molar-refractivity contribution is 5.99. The van der Waals surface area contributed by atoms with E-state index >= 15 is 0 Å². The summed E-state index contributed by atoms with van der Waals surface area (Å²) in [5.41, 5.74) is 1.48. The van der Waals surface area contributed by atoms with Crippen LogP contribution in [0.25, 0.3) is 11.1 Å². The van der Waals surface area contributed by atoms with Gasteiger partial charge in [0.2, 0.25) is 12.7 Å². The van der Waals surface area contributed by atoms with Gasteiger partial charge in [0.15, 0.2) is 11.5 Å². The van der Waals surface area contributed by atoms with E-state index in [1.807, 2.05) is 0 Å². The molecule has 128 valence electrons. The van der Waals surface area contributed by atoms with E-state index in [0.717, 1.165) is 0 Å². The van der Waals surface area contributed by atoms with Gasteiger partial charge in [0.1, 0.15) is 5.82 Å². The fraction of sp³-hybridized carbons (Fsp3) is 0.222. The fourth-order valence-corrected chi connectivity index (χ4v) is 3.15. The van der Waals surface area contributed by atoms with E-state index in [4.69, 9.17) is 14.6 Å². The molecule has 2 aliphatic heterocycles. The summed E-state index contributed by atoms with van der Waals surface area (Å²) in [6, 6.07) is 9.54. The number of hydrogen-bond donors (Lipinski definition) is 1. The molecule has 0 bridgehead atoms. The second kappa shape index (κ2) is 5.77. The van der Waals surface area contributed by atoms with E-state index in [0.29, 0.717) is 28.3 Å². The first-order chi connectivity index (χ1) is 12.0. The fourth-order valence-electron chi connectivity index (χ4n) is 3.15. The molecule has 2 aromatic rings. The molecule has 0 aliphatic carbocycles. The molecule has 0 spiro atoms. The summed E-state index contributed by atoms with van der Waals surface area (Å²) < 4.78 is 24.9. The molecule has 1 amide bonds.